The minimum atomic E-state index is -4.74. The van der Waals surface area contributed by atoms with Crippen molar-refractivity contribution in [3.63, 3.8) is 0 Å². The largest absolute Gasteiger partial charge is 0.573 e. The van der Waals surface area contributed by atoms with Gasteiger partial charge in [-0.1, -0.05) is 36.1 Å². The molecule has 1 aliphatic rings. The van der Waals surface area contributed by atoms with E-state index in [1.807, 2.05) is 36.4 Å². The predicted molar refractivity (Wildman–Crippen MR) is 114 cm³/mol. The minimum absolute atomic E-state index is 0.310. The summed E-state index contributed by atoms with van der Waals surface area (Å²) in [6, 6.07) is 19.5. The minimum Gasteiger partial charge on any atom is -0.497 e. The summed E-state index contributed by atoms with van der Waals surface area (Å²) in [6.07, 6.45) is -5.81. The van der Waals surface area contributed by atoms with Crippen LogP contribution in [0.5, 0.6) is 11.5 Å². The maximum atomic E-state index is 12.3. The molecule has 33 heavy (non-hydrogen) atoms. The Hall–Kier alpha value is -4.12. The van der Waals surface area contributed by atoms with Crippen molar-refractivity contribution in [1.29, 1.82) is 0 Å². The van der Waals surface area contributed by atoms with E-state index in [0.717, 1.165) is 11.1 Å². The molecule has 1 aliphatic heterocycles. The van der Waals surface area contributed by atoms with Crippen LogP contribution in [-0.4, -0.2) is 19.6 Å². The Morgan fingerprint density at radius 2 is 1.58 bits per heavy atom. The van der Waals surface area contributed by atoms with Crippen LogP contribution < -0.4 is 14.8 Å². The molecule has 0 aromatic heterocycles. The molecule has 3 aromatic rings. The third-order valence-corrected chi connectivity index (χ3v) is 4.92. The van der Waals surface area contributed by atoms with Gasteiger partial charge < -0.3 is 19.5 Å². The second-order valence-electron chi connectivity index (χ2n) is 7.17. The highest BCUT2D eigenvalue weighted by Gasteiger charge is 2.36. The summed E-state index contributed by atoms with van der Waals surface area (Å²) in [7, 11) is 1.56. The first-order valence-electron chi connectivity index (χ1n) is 9.89. The zero-order chi connectivity index (χ0) is 23.4. The first-order valence-corrected chi connectivity index (χ1v) is 9.89. The van der Waals surface area contributed by atoms with E-state index in [1.54, 1.807) is 19.2 Å². The maximum Gasteiger partial charge on any atom is 0.573 e. The number of hydrogen-bond donors (Lipinski definition) is 1. The second kappa shape index (κ2) is 9.17. The Labute approximate surface area is 188 Å². The van der Waals surface area contributed by atoms with Gasteiger partial charge in [-0.25, -0.2) is 4.79 Å². The standard InChI is InChI=1S/C25H18F3NO4/c1-31-21-7-3-6-19(15-21)23-22(29-24(30)32-23)18-5-2-4-17(14-18)9-8-16-10-12-20(13-11-16)33-25(26,27)28/h2-7,10-15,22-23H,1H3,(H,29,30)/t22-,23-/m1/s1. The lowest BCUT2D eigenvalue weighted by Gasteiger charge is -2.18. The number of alkyl carbamates (subject to hydrolysis) is 1. The van der Waals surface area contributed by atoms with Crippen LogP contribution in [0.3, 0.4) is 0 Å². The Kier molecular flexibility index (Phi) is 6.13. The number of nitrogens with one attached hydrogen (secondary N) is 1. The SMILES string of the molecule is COc1cccc([C@H]2OC(=O)N[C@@H]2c2cccc(C#Cc3ccc(OC(F)(F)F)cc3)c2)c1. The number of hydrogen-bond acceptors (Lipinski definition) is 4. The van der Waals surface area contributed by atoms with Crippen LogP contribution >= 0.6 is 0 Å². The number of alkyl halides is 3. The van der Waals surface area contributed by atoms with Crippen LogP contribution in [0.15, 0.2) is 72.8 Å². The monoisotopic (exact) mass is 453 g/mol. The Bertz CT molecular complexity index is 1210. The van der Waals surface area contributed by atoms with Gasteiger partial charge in [0.05, 0.1) is 13.2 Å². The number of rotatable bonds is 4. The van der Waals surface area contributed by atoms with E-state index in [1.165, 1.54) is 24.3 Å². The van der Waals surface area contributed by atoms with E-state index >= 15 is 0 Å². The number of carbonyl (C=O) groups is 1. The van der Waals surface area contributed by atoms with E-state index in [0.29, 0.717) is 16.9 Å². The van der Waals surface area contributed by atoms with Gasteiger partial charge in [0.2, 0.25) is 0 Å². The van der Waals surface area contributed by atoms with Crippen molar-refractivity contribution in [2.45, 2.75) is 18.5 Å². The first kappa shape index (κ1) is 22.1. The van der Waals surface area contributed by atoms with Crippen molar-refractivity contribution in [2.75, 3.05) is 7.11 Å². The molecule has 5 nitrogen and oxygen atoms in total. The molecule has 4 rings (SSSR count). The van der Waals surface area contributed by atoms with E-state index in [2.05, 4.69) is 21.9 Å². The number of carbonyl (C=O) groups excluding carboxylic acids is 1. The van der Waals surface area contributed by atoms with Crippen molar-refractivity contribution < 1.29 is 32.2 Å². The summed E-state index contributed by atoms with van der Waals surface area (Å²) in [5, 5.41) is 2.83. The molecule has 0 saturated carbocycles. The number of benzene rings is 3. The molecule has 0 radical (unpaired) electrons. The molecule has 2 atom stereocenters. The van der Waals surface area contributed by atoms with Gasteiger partial charge in [-0.15, -0.1) is 13.2 Å². The third kappa shape index (κ3) is 5.57. The van der Waals surface area contributed by atoms with Crippen molar-refractivity contribution in [2.24, 2.45) is 0 Å². The van der Waals surface area contributed by atoms with E-state index in [9.17, 15) is 18.0 Å². The van der Waals surface area contributed by atoms with Gasteiger partial charge in [0.1, 0.15) is 11.5 Å². The van der Waals surface area contributed by atoms with Crippen LogP contribution in [0.1, 0.15) is 34.4 Å². The number of methoxy groups -OCH3 is 1. The molecule has 0 bridgehead atoms. The van der Waals surface area contributed by atoms with Crippen LogP contribution in [0, 0.1) is 11.8 Å². The maximum absolute atomic E-state index is 12.3. The smallest absolute Gasteiger partial charge is 0.497 e. The topological polar surface area (TPSA) is 56.8 Å². The van der Waals surface area contributed by atoms with E-state index in [4.69, 9.17) is 9.47 Å². The molecule has 1 N–H and O–H groups in total. The molecule has 0 spiro atoms. The van der Waals surface area contributed by atoms with Gasteiger partial charge in [-0.3, -0.25) is 0 Å². The normalized spacial score (nSPS) is 17.4. The molecule has 1 saturated heterocycles. The third-order valence-electron chi connectivity index (χ3n) is 4.92. The number of ether oxygens (including phenoxy) is 3. The molecule has 1 amide bonds. The summed E-state index contributed by atoms with van der Waals surface area (Å²) in [4.78, 5) is 12.0. The predicted octanol–water partition coefficient (Wildman–Crippen LogP) is 5.52. The van der Waals surface area contributed by atoms with E-state index in [-0.39, 0.29) is 5.75 Å². The fourth-order valence-corrected chi connectivity index (χ4v) is 3.45. The zero-order valence-corrected chi connectivity index (χ0v) is 17.3. The van der Waals surface area contributed by atoms with Crippen LogP contribution in [0.25, 0.3) is 0 Å². The Balaban J connectivity index is 1.55. The van der Waals surface area contributed by atoms with Gasteiger partial charge in [0, 0.05) is 11.1 Å². The fourth-order valence-electron chi connectivity index (χ4n) is 3.45. The molecule has 1 heterocycles. The average molecular weight is 453 g/mol. The average Bonchev–Trinajstić information content (AvgIpc) is 3.19. The lowest BCUT2D eigenvalue weighted by molar-refractivity contribution is -0.274. The molecule has 1 fully saturated rings. The molecule has 3 aromatic carbocycles. The molecule has 0 unspecified atom stereocenters. The molecule has 8 heteroatoms. The summed E-state index contributed by atoms with van der Waals surface area (Å²) >= 11 is 0. The van der Waals surface area contributed by atoms with Gasteiger partial charge in [0.25, 0.3) is 0 Å². The van der Waals surface area contributed by atoms with Crippen LogP contribution in [0.2, 0.25) is 0 Å². The summed E-state index contributed by atoms with van der Waals surface area (Å²) in [5.74, 6) is 6.25. The lowest BCUT2D eigenvalue weighted by Crippen LogP contribution is -2.19. The lowest BCUT2D eigenvalue weighted by atomic mass is 9.95. The van der Waals surface area contributed by atoms with Crippen LogP contribution in [0.4, 0.5) is 18.0 Å². The molecule has 0 aliphatic carbocycles. The second-order valence-corrected chi connectivity index (χ2v) is 7.17. The van der Waals surface area contributed by atoms with Gasteiger partial charge >= 0.3 is 12.5 Å². The van der Waals surface area contributed by atoms with Gasteiger partial charge in [0.15, 0.2) is 6.10 Å². The Morgan fingerprint density at radius 3 is 2.30 bits per heavy atom. The summed E-state index contributed by atoms with van der Waals surface area (Å²) in [6.45, 7) is 0. The summed E-state index contributed by atoms with van der Waals surface area (Å²) < 4.78 is 51.5. The first-order chi connectivity index (χ1) is 15.8. The van der Waals surface area contributed by atoms with Crippen LogP contribution in [-0.2, 0) is 4.74 Å². The fraction of sp³-hybridized carbons (Fsp3) is 0.160. The quantitative estimate of drug-likeness (QED) is 0.529. The highest BCUT2D eigenvalue weighted by atomic mass is 19.4. The van der Waals surface area contributed by atoms with Crippen molar-refractivity contribution in [3.05, 3.63) is 95.1 Å². The Morgan fingerprint density at radius 1 is 0.879 bits per heavy atom. The van der Waals surface area contributed by atoms with Crippen molar-refractivity contribution >= 4 is 6.09 Å². The molecule has 168 valence electrons. The summed E-state index contributed by atoms with van der Waals surface area (Å²) in [5.41, 5.74) is 2.79. The number of cyclic esters (lactones) is 1. The number of amides is 1. The van der Waals surface area contributed by atoms with Crippen molar-refractivity contribution in [3.8, 4) is 23.3 Å². The van der Waals surface area contributed by atoms with Gasteiger partial charge in [-0.2, -0.15) is 0 Å². The molecular formula is C25H18F3NO4. The molecular weight excluding hydrogens is 435 g/mol. The van der Waals surface area contributed by atoms with Gasteiger partial charge in [-0.05, 0) is 59.7 Å². The van der Waals surface area contributed by atoms with Crippen molar-refractivity contribution in [1.82, 2.24) is 5.32 Å². The highest BCUT2D eigenvalue weighted by Crippen LogP contribution is 2.37. The number of halogens is 3. The van der Waals surface area contributed by atoms with E-state index < -0.39 is 24.6 Å². The zero-order valence-electron chi connectivity index (χ0n) is 17.3. The highest BCUT2D eigenvalue weighted by molar-refractivity contribution is 5.71.